The minimum absolute atomic E-state index is 0.223. The Morgan fingerprint density at radius 3 is 2.75 bits per heavy atom. The molecule has 1 N–H and O–H groups in total. The van der Waals surface area contributed by atoms with Crippen molar-refractivity contribution in [3.05, 3.63) is 41.6 Å². The molecule has 0 unspecified atom stereocenters. The van der Waals surface area contributed by atoms with Gasteiger partial charge in [0.2, 0.25) is 0 Å². The number of anilines is 1. The van der Waals surface area contributed by atoms with E-state index in [0.717, 1.165) is 6.20 Å². The van der Waals surface area contributed by atoms with Gasteiger partial charge >= 0.3 is 6.18 Å². The van der Waals surface area contributed by atoms with Crippen LogP contribution in [0.5, 0.6) is 5.75 Å². The summed E-state index contributed by atoms with van der Waals surface area (Å²) in [6.07, 6.45) is -4.06. The molecule has 0 amide bonds. The number of ether oxygens (including phenoxy) is 1. The summed E-state index contributed by atoms with van der Waals surface area (Å²) in [7, 11) is 1.42. The quantitative estimate of drug-likeness (QED) is 0.923. The van der Waals surface area contributed by atoms with E-state index in [1.807, 2.05) is 0 Å². The number of aromatic nitrogens is 2. The Labute approximate surface area is 134 Å². The van der Waals surface area contributed by atoms with E-state index in [2.05, 4.69) is 10.4 Å². The summed E-state index contributed by atoms with van der Waals surface area (Å²) in [5, 5.41) is 17.5. The Morgan fingerprint density at radius 2 is 2.12 bits per heavy atom. The number of carbonyl (C=O) groups is 1. The number of para-hydroxylation sites is 1. The van der Waals surface area contributed by atoms with Crippen LogP contribution in [0.4, 0.5) is 19.0 Å². The number of rotatable bonds is 3. The summed E-state index contributed by atoms with van der Waals surface area (Å²) in [4.78, 5) is 11.1. The van der Waals surface area contributed by atoms with Crippen LogP contribution in [-0.4, -0.2) is 29.0 Å². The monoisotopic (exact) mass is 340 g/mol. The van der Waals surface area contributed by atoms with E-state index in [9.17, 15) is 23.1 Å². The number of nitrogens with zero attached hydrogens (tertiary/aromatic N) is 2. The molecule has 0 radical (unpaired) electrons. The zero-order chi connectivity index (χ0) is 17.5. The molecule has 2 heterocycles. The number of carbonyl (C=O) groups excluding carboxylic acids is 1. The number of fused-ring (bicyclic) bond motifs is 1. The van der Waals surface area contributed by atoms with Crippen molar-refractivity contribution >= 4 is 11.8 Å². The van der Waals surface area contributed by atoms with Crippen LogP contribution < -0.4 is 15.2 Å². The third-order valence-corrected chi connectivity index (χ3v) is 3.97. The molecule has 0 spiro atoms. The van der Waals surface area contributed by atoms with Crippen LogP contribution in [0.25, 0.3) is 0 Å². The van der Waals surface area contributed by atoms with Crippen LogP contribution in [0.3, 0.4) is 0 Å². The minimum atomic E-state index is -4.58. The van der Waals surface area contributed by atoms with Gasteiger partial charge in [0.25, 0.3) is 0 Å². The van der Waals surface area contributed by atoms with Gasteiger partial charge in [0.15, 0.2) is 6.04 Å². The lowest BCUT2D eigenvalue weighted by atomic mass is 9.96. The Balaban J connectivity index is 2.09. The largest absolute Gasteiger partial charge is 0.545 e. The maximum absolute atomic E-state index is 13.4. The summed E-state index contributed by atoms with van der Waals surface area (Å²) in [5.41, 5.74) is 0.0924. The molecule has 1 aliphatic rings. The molecule has 1 aliphatic heterocycles. The number of carboxylic acids is 1. The average Bonchev–Trinajstić information content (AvgIpc) is 2.96. The van der Waals surface area contributed by atoms with Gasteiger partial charge in [0, 0.05) is 12.0 Å². The number of benzene rings is 1. The van der Waals surface area contributed by atoms with Crippen molar-refractivity contribution in [2.24, 2.45) is 0 Å². The second kappa shape index (κ2) is 5.73. The molecule has 9 heteroatoms. The number of alkyl halides is 3. The van der Waals surface area contributed by atoms with E-state index in [1.165, 1.54) is 7.11 Å². The fraction of sp³-hybridized carbons (Fsp3) is 0.333. The molecule has 0 saturated heterocycles. The van der Waals surface area contributed by atoms with Crippen LogP contribution in [0.15, 0.2) is 30.5 Å². The Morgan fingerprint density at radius 1 is 1.42 bits per heavy atom. The van der Waals surface area contributed by atoms with Crippen LogP contribution in [-0.2, 0) is 0 Å². The molecule has 0 fully saturated rings. The number of carboxylic acid groups (broad SMARTS) is 1. The zero-order valence-corrected chi connectivity index (χ0v) is 12.5. The van der Waals surface area contributed by atoms with Crippen molar-refractivity contribution < 1.29 is 27.8 Å². The molecule has 3 rings (SSSR count). The number of nitrogens with one attached hydrogen (secondary N) is 1. The van der Waals surface area contributed by atoms with E-state index >= 15 is 0 Å². The molecule has 1 aromatic carbocycles. The van der Waals surface area contributed by atoms with Crippen molar-refractivity contribution in [3.63, 3.8) is 0 Å². The smallest absolute Gasteiger partial charge is 0.410 e. The van der Waals surface area contributed by atoms with Gasteiger partial charge in [0.1, 0.15) is 11.6 Å². The minimum Gasteiger partial charge on any atom is -0.545 e. The molecular formula is C15H13F3N3O3-. The Kier molecular flexibility index (Phi) is 3.86. The molecule has 6 nitrogen and oxygen atoms in total. The summed E-state index contributed by atoms with van der Waals surface area (Å²) >= 11 is 0. The molecule has 1 aromatic heterocycles. The molecule has 0 bridgehead atoms. The highest BCUT2D eigenvalue weighted by atomic mass is 19.4. The fourth-order valence-corrected chi connectivity index (χ4v) is 2.87. The maximum Gasteiger partial charge on any atom is 0.410 e. The van der Waals surface area contributed by atoms with Gasteiger partial charge in [-0.25, -0.2) is 4.68 Å². The first kappa shape index (κ1) is 16.2. The van der Waals surface area contributed by atoms with Crippen molar-refractivity contribution in [1.82, 2.24) is 9.78 Å². The van der Waals surface area contributed by atoms with Gasteiger partial charge in [-0.2, -0.15) is 18.3 Å². The number of hydrogen-bond acceptors (Lipinski definition) is 5. The van der Waals surface area contributed by atoms with Crippen molar-refractivity contribution in [2.45, 2.75) is 24.7 Å². The zero-order valence-electron chi connectivity index (χ0n) is 12.5. The van der Waals surface area contributed by atoms with Crippen LogP contribution >= 0.6 is 0 Å². The van der Waals surface area contributed by atoms with Gasteiger partial charge in [-0.05, 0) is 6.07 Å². The average molecular weight is 340 g/mol. The summed E-state index contributed by atoms with van der Waals surface area (Å²) in [5.74, 6) is -1.40. The van der Waals surface area contributed by atoms with E-state index in [-0.39, 0.29) is 12.2 Å². The van der Waals surface area contributed by atoms with Gasteiger partial charge in [-0.1, -0.05) is 18.2 Å². The maximum atomic E-state index is 13.4. The van der Waals surface area contributed by atoms with E-state index in [4.69, 9.17) is 4.74 Å². The summed E-state index contributed by atoms with van der Waals surface area (Å²) in [6.45, 7) is 0. The Bertz CT molecular complexity index is 773. The lowest BCUT2D eigenvalue weighted by molar-refractivity contribution is -0.255. The highest BCUT2D eigenvalue weighted by Gasteiger charge is 2.47. The third-order valence-electron chi connectivity index (χ3n) is 3.97. The van der Waals surface area contributed by atoms with Gasteiger partial charge in [0.05, 0.1) is 30.9 Å². The number of hydrogen-bond donors (Lipinski definition) is 1. The number of aromatic carboxylic acids is 1. The molecule has 2 atom stereocenters. The standard InChI is InChI=1S/C15H14F3N3O3/c1-24-11-5-3-2-4-8(11)10-6-12(15(16,17)18)21-13(20-10)9(7-19-21)14(22)23/h2-5,7,10,12,20H,6H2,1H3,(H,22,23)/p-1/t10-,12-/m1/s1. The lowest BCUT2D eigenvalue weighted by Crippen LogP contribution is -2.36. The number of halogens is 3. The third kappa shape index (κ3) is 2.66. The molecule has 2 aromatic rings. The first-order valence-corrected chi connectivity index (χ1v) is 7.08. The van der Waals surface area contributed by atoms with Gasteiger partial charge < -0.3 is 20.0 Å². The second-order valence-corrected chi connectivity index (χ2v) is 5.37. The van der Waals surface area contributed by atoms with Crippen LogP contribution in [0.1, 0.15) is 34.4 Å². The summed E-state index contributed by atoms with van der Waals surface area (Å²) < 4.78 is 46.1. The van der Waals surface area contributed by atoms with Crippen LogP contribution in [0, 0.1) is 0 Å². The fourth-order valence-electron chi connectivity index (χ4n) is 2.87. The highest BCUT2D eigenvalue weighted by Crippen LogP contribution is 2.45. The summed E-state index contributed by atoms with van der Waals surface area (Å²) in [6, 6.07) is 3.91. The van der Waals surface area contributed by atoms with Crippen molar-refractivity contribution in [3.8, 4) is 5.75 Å². The second-order valence-electron chi connectivity index (χ2n) is 5.37. The molecule has 0 aliphatic carbocycles. The normalized spacial score (nSPS) is 20.2. The van der Waals surface area contributed by atoms with E-state index in [1.54, 1.807) is 24.3 Å². The molecule has 0 saturated carbocycles. The molecule has 128 valence electrons. The topological polar surface area (TPSA) is 79.2 Å². The first-order chi connectivity index (χ1) is 11.3. The predicted octanol–water partition coefficient (Wildman–Crippen LogP) is 1.92. The molecule has 24 heavy (non-hydrogen) atoms. The van der Waals surface area contributed by atoms with Crippen molar-refractivity contribution in [2.75, 3.05) is 12.4 Å². The lowest BCUT2D eigenvalue weighted by Gasteiger charge is -2.34. The SMILES string of the molecule is COc1ccccc1[C@H]1C[C@H](C(F)(F)F)n2ncc(C(=O)[O-])c2N1. The van der Waals surface area contributed by atoms with Gasteiger partial charge in [-0.3, -0.25) is 0 Å². The van der Waals surface area contributed by atoms with Crippen LogP contribution in [0.2, 0.25) is 0 Å². The number of methoxy groups -OCH3 is 1. The van der Waals surface area contributed by atoms with Gasteiger partial charge in [-0.15, -0.1) is 0 Å². The van der Waals surface area contributed by atoms with E-state index < -0.39 is 29.8 Å². The van der Waals surface area contributed by atoms with Crippen molar-refractivity contribution in [1.29, 1.82) is 0 Å². The highest BCUT2D eigenvalue weighted by molar-refractivity contribution is 5.91. The Hall–Kier alpha value is -2.71. The predicted molar refractivity (Wildman–Crippen MR) is 75.6 cm³/mol. The molecular weight excluding hydrogens is 327 g/mol. The first-order valence-electron chi connectivity index (χ1n) is 7.08. The van der Waals surface area contributed by atoms with E-state index in [0.29, 0.717) is 16.0 Å².